The smallest absolute Gasteiger partial charge is 0.229 e. The molecular weight excluding hydrogens is 422 g/mol. The van der Waals surface area contributed by atoms with Gasteiger partial charge in [-0.3, -0.25) is 4.79 Å². The molecule has 6 heteroatoms. The van der Waals surface area contributed by atoms with Crippen LogP contribution in [0.4, 0.5) is 5.69 Å². The van der Waals surface area contributed by atoms with Crippen molar-refractivity contribution in [3.05, 3.63) is 41.0 Å². The van der Waals surface area contributed by atoms with Crippen molar-refractivity contribution in [3.63, 3.8) is 0 Å². The summed E-state index contributed by atoms with van der Waals surface area (Å²) in [7, 11) is 2.12. The molecule has 2 aromatic rings. The Morgan fingerprint density at radius 3 is 2.59 bits per heavy atom. The maximum atomic E-state index is 13.6. The number of amides is 1. The fourth-order valence-corrected chi connectivity index (χ4v) is 6.17. The number of piperidine rings is 1. The molecule has 1 amide bonds. The zero-order valence-electron chi connectivity index (χ0n) is 21.2. The molecule has 1 aromatic carbocycles. The Bertz CT molecular complexity index is 1000. The molecule has 3 aliphatic rings. The minimum absolute atomic E-state index is 0.109. The number of carbonyl (C=O) groups is 1. The van der Waals surface area contributed by atoms with Gasteiger partial charge in [0.25, 0.3) is 0 Å². The van der Waals surface area contributed by atoms with Crippen LogP contribution in [0, 0.1) is 25.7 Å². The van der Waals surface area contributed by atoms with E-state index in [1.807, 2.05) is 6.07 Å². The molecule has 1 N–H and O–H groups in total. The topological polar surface area (TPSA) is 63.1 Å². The zero-order valence-corrected chi connectivity index (χ0v) is 21.2. The van der Waals surface area contributed by atoms with Gasteiger partial charge in [-0.15, -0.1) is 10.2 Å². The average Bonchev–Trinajstić information content (AvgIpc) is 3.59. The van der Waals surface area contributed by atoms with E-state index >= 15 is 0 Å². The summed E-state index contributed by atoms with van der Waals surface area (Å²) in [6, 6.07) is 6.76. The Hall–Kier alpha value is -2.21. The fourth-order valence-electron chi connectivity index (χ4n) is 6.17. The summed E-state index contributed by atoms with van der Waals surface area (Å²) >= 11 is 0. The third kappa shape index (κ3) is 5.22. The third-order valence-electron chi connectivity index (χ3n) is 8.33. The van der Waals surface area contributed by atoms with Gasteiger partial charge in [-0.05, 0) is 70.7 Å². The van der Waals surface area contributed by atoms with E-state index in [1.54, 1.807) is 0 Å². The van der Waals surface area contributed by atoms with E-state index in [1.165, 1.54) is 56.9 Å². The lowest BCUT2D eigenvalue weighted by Crippen LogP contribution is -2.43. The number of rotatable bonds is 7. The van der Waals surface area contributed by atoms with Crippen molar-refractivity contribution >= 4 is 11.6 Å². The maximum Gasteiger partial charge on any atom is 0.229 e. The molecule has 1 aromatic heterocycles. The Balaban J connectivity index is 1.36. The number of benzene rings is 1. The van der Waals surface area contributed by atoms with Gasteiger partial charge in [0.05, 0.1) is 5.92 Å². The number of likely N-dealkylation sites (tertiary alicyclic amines) is 1. The van der Waals surface area contributed by atoms with Gasteiger partial charge in [-0.2, -0.15) is 0 Å². The van der Waals surface area contributed by atoms with Crippen LogP contribution in [0.3, 0.4) is 0 Å². The summed E-state index contributed by atoms with van der Waals surface area (Å²) in [5, 5.41) is 12.7. The van der Waals surface area contributed by atoms with Gasteiger partial charge in [0.1, 0.15) is 11.6 Å². The minimum Gasteiger partial charge on any atom is -0.326 e. The van der Waals surface area contributed by atoms with Crippen LogP contribution in [0.2, 0.25) is 0 Å². The summed E-state index contributed by atoms with van der Waals surface area (Å²) in [5.41, 5.74) is 3.24. The Kier molecular flexibility index (Phi) is 7.05. The maximum absolute atomic E-state index is 13.6. The third-order valence-corrected chi connectivity index (χ3v) is 8.33. The van der Waals surface area contributed by atoms with Crippen molar-refractivity contribution in [2.75, 3.05) is 25.5 Å². The van der Waals surface area contributed by atoms with Crippen LogP contribution in [0.1, 0.15) is 92.5 Å². The summed E-state index contributed by atoms with van der Waals surface area (Å²) in [6.07, 6.45) is 12.6. The molecule has 3 fully saturated rings. The predicted molar refractivity (Wildman–Crippen MR) is 136 cm³/mol. The van der Waals surface area contributed by atoms with E-state index in [4.69, 9.17) is 10.2 Å². The van der Waals surface area contributed by atoms with Crippen molar-refractivity contribution in [1.82, 2.24) is 19.7 Å². The van der Waals surface area contributed by atoms with Crippen molar-refractivity contribution in [2.45, 2.75) is 90.0 Å². The normalized spacial score (nSPS) is 24.3. The van der Waals surface area contributed by atoms with E-state index < -0.39 is 0 Å². The molecule has 5 rings (SSSR count). The molecule has 0 radical (unpaired) electrons. The summed E-state index contributed by atoms with van der Waals surface area (Å²) in [5.74, 6) is 3.19. The molecule has 0 bridgehead atoms. The van der Waals surface area contributed by atoms with Gasteiger partial charge in [0.2, 0.25) is 5.91 Å². The van der Waals surface area contributed by atoms with Crippen LogP contribution >= 0.6 is 0 Å². The predicted octanol–water partition coefficient (Wildman–Crippen LogP) is 5.42. The number of aromatic nitrogens is 3. The van der Waals surface area contributed by atoms with Gasteiger partial charge >= 0.3 is 0 Å². The van der Waals surface area contributed by atoms with Crippen LogP contribution in [0.25, 0.3) is 0 Å². The van der Waals surface area contributed by atoms with Gasteiger partial charge < -0.3 is 14.8 Å². The first kappa shape index (κ1) is 23.5. The standard InChI is InChI=1S/C28H41N5O/c1-19-9-13-25(20(2)17-19)29-28(34)24-18-32(3)16-15-23(24)27-31-30-26(33(27)22-11-12-22)14-10-21-7-5-4-6-8-21/h9,13,17,21-24H,4-8,10-12,14-16,18H2,1-3H3,(H,29,34)/t23?,24-/m1/s1. The lowest BCUT2D eigenvalue weighted by atomic mass is 9.84. The number of carbonyl (C=O) groups excluding carboxylic acids is 1. The number of hydrogen-bond donors (Lipinski definition) is 1. The minimum atomic E-state index is -0.118. The highest BCUT2D eigenvalue weighted by Gasteiger charge is 2.40. The molecule has 34 heavy (non-hydrogen) atoms. The van der Waals surface area contributed by atoms with E-state index in [9.17, 15) is 4.79 Å². The molecule has 1 unspecified atom stereocenters. The van der Waals surface area contributed by atoms with Crippen LogP contribution in [-0.2, 0) is 11.2 Å². The Morgan fingerprint density at radius 2 is 1.85 bits per heavy atom. The highest BCUT2D eigenvalue weighted by molar-refractivity contribution is 5.94. The van der Waals surface area contributed by atoms with Crippen molar-refractivity contribution in [3.8, 4) is 0 Å². The zero-order chi connectivity index (χ0) is 23.7. The molecule has 0 spiro atoms. The number of hydrogen-bond acceptors (Lipinski definition) is 4. The number of nitrogens with one attached hydrogen (secondary N) is 1. The molecule has 2 aliphatic carbocycles. The highest BCUT2D eigenvalue weighted by atomic mass is 16.2. The first-order valence-electron chi connectivity index (χ1n) is 13.5. The van der Waals surface area contributed by atoms with Gasteiger partial charge in [0.15, 0.2) is 0 Å². The number of aryl methyl sites for hydroxylation is 3. The quantitative estimate of drug-likeness (QED) is 0.596. The highest BCUT2D eigenvalue weighted by Crippen LogP contribution is 2.42. The first-order chi connectivity index (χ1) is 16.5. The molecular formula is C28H41N5O. The molecule has 1 saturated heterocycles. The summed E-state index contributed by atoms with van der Waals surface area (Å²) in [4.78, 5) is 15.9. The summed E-state index contributed by atoms with van der Waals surface area (Å²) < 4.78 is 2.45. The van der Waals surface area contributed by atoms with Gasteiger partial charge in [0, 0.05) is 30.6 Å². The monoisotopic (exact) mass is 463 g/mol. The molecule has 2 saturated carbocycles. The van der Waals surface area contributed by atoms with Crippen LogP contribution in [-0.4, -0.2) is 45.7 Å². The first-order valence-corrected chi connectivity index (χ1v) is 13.5. The number of nitrogens with zero attached hydrogens (tertiary/aromatic N) is 4. The largest absolute Gasteiger partial charge is 0.326 e. The second-order valence-electron chi connectivity index (χ2n) is 11.2. The molecule has 1 aliphatic heterocycles. The van der Waals surface area contributed by atoms with Crippen LogP contribution in [0.5, 0.6) is 0 Å². The van der Waals surface area contributed by atoms with Crippen molar-refractivity contribution < 1.29 is 4.79 Å². The fraction of sp³-hybridized carbons (Fsp3) is 0.679. The van der Waals surface area contributed by atoms with E-state index in [0.717, 1.165) is 54.7 Å². The Morgan fingerprint density at radius 1 is 1.06 bits per heavy atom. The SMILES string of the molecule is Cc1ccc(NC(=O)[C@@H]2CN(C)CCC2c2nnc(CCC3CCCCC3)n2C2CC2)c(C)c1. The Labute approximate surface area is 204 Å². The lowest BCUT2D eigenvalue weighted by Gasteiger charge is -2.35. The second kappa shape index (κ2) is 10.2. The number of anilines is 1. The molecule has 2 heterocycles. The van der Waals surface area contributed by atoms with Crippen molar-refractivity contribution in [2.24, 2.45) is 11.8 Å². The van der Waals surface area contributed by atoms with E-state index in [0.29, 0.717) is 6.04 Å². The van der Waals surface area contributed by atoms with E-state index in [2.05, 4.69) is 47.8 Å². The van der Waals surface area contributed by atoms with Crippen LogP contribution < -0.4 is 5.32 Å². The second-order valence-corrected chi connectivity index (χ2v) is 11.2. The average molecular weight is 464 g/mol. The summed E-state index contributed by atoms with van der Waals surface area (Å²) in [6.45, 7) is 5.90. The van der Waals surface area contributed by atoms with Crippen molar-refractivity contribution in [1.29, 1.82) is 0 Å². The van der Waals surface area contributed by atoms with Gasteiger partial charge in [-0.1, -0.05) is 49.8 Å². The lowest BCUT2D eigenvalue weighted by molar-refractivity contribution is -0.122. The molecule has 2 atom stereocenters. The molecule has 184 valence electrons. The van der Waals surface area contributed by atoms with Gasteiger partial charge in [-0.25, -0.2) is 0 Å². The van der Waals surface area contributed by atoms with E-state index in [-0.39, 0.29) is 17.7 Å². The van der Waals surface area contributed by atoms with Crippen LogP contribution in [0.15, 0.2) is 18.2 Å². The molecule has 6 nitrogen and oxygen atoms in total.